The molecule has 0 aliphatic carbocycles. The van der Waals surface area contributed by atoms with Gasteiger partial charge in [0.2, 0.25) is 0 Å². The molecule has 2 nitrogen and oxygen atoms in total. The molecular weight excluding hydrogens is 316 g/mol. The number of hydrogen-bond acceptors (Lipinski definition) is 2. The molecule has 26 heavy (non-hydrogen) atoms. The van der Waals surface area contributed by atoms with E-state index >= 15 is 0 Å². The largest absolute Gasteiger partial charge is 0.398 e. The molecule has 0 fully saturated rings. The summed E-state index contributed by atoms with van der Waals surface area (Å²) in [7, 11) is 0. The average Bonchev–Trinajstić information content (AvgIpc) is 2.72. The van der Waals surface area contributed by atoms with Crippen molar-refractivity contribution in [2.75, 3.05) is 0 Å². The molecule has 3 rings (SSSR count). The second kappa shape index (κ2) is 8.50. The lowest BCUT2D eigenvalue weighted by atomic mass is 9.95. The number of para-hydroxylation sites is 1. The van der Waals surface area contributed by atoms with Gasteiger partial charge >= 0.3 is 0 Å². The third kappa shape index (κ3) is 4.09. The van der Waals surface area contributed by atoms with E-state index in [-0.39, 0.29) is 0 Å². The fourth-order valence-electron chi connectivity index (χ4n) is 2.73. The Morgan fingerprint density at radius 1 is 0.769 bits per heavy atom. The molecule has 0 amide bonds. The summed E-state index contributed by atoms with van der Waals surface area (Å²) in [4.78, 5) is 4.88. The van der Waals surface area contributed by atoms with Crippen molar-refractivity contribution in [2.45, 2.75) is 6.42 Å². The van der Waals surface area contributed by atoms with Gasteiger partial charge in [0.25, 0.3) is 0 Å². The van der Waals surface area contributed by atoms with Crippen LogP contribution in [-0.4, -0.2) is 5.71 Å². The highest BCUT2D eigenvalue weighted by atomic mass is 14.8. The van der Waals surface area contributed by atoms with Gasteiger partial charge in [-0.2, -0.15) is 0 Å². The lowest BCUT2D eigenvalue weighted by molar-refractivity contribution is 1.32. The van der Waals surface area contributed by atoms with Crippen molar-refractivity contribution in [3.8, 4) is 12.3 Å². The van der Waals surface area contributed by atoms with Crippen LogP contribution in [0.25, 0.3) is 5.70 Å². The minimum absolute atomic E-state index is 0.404. The molecule has 0 aromatic heterocycles. The summed E-state index contributed by atoms with van der Waals surface area (Å²) in [5.74, 6) is 2.74. The molecular formula is C24H20N2. The maximum atomic E-state index is 6.52. The Morgan fingerprint density at radius 2 is 1.27 bits per heavy atom. The summed E-state index contributed by atoms with van der Waals surface area (Å²) in [6, 6.07) is 29.7. The second-order valence-electron chi connectivity index (χ2n) is 5.80. The Bertz CT molecular complexity index is 947. The first-order valence-corrected chi connectivity index (χ1v) is 8.46. The van der Waals surface area contributed by atoms with Crippen LogP contribution in [-0.2, 0) is 0 Å². The molecule has 2 heteroatoms. The Morgan fingerprint density at radius 3 is 1.81 bits per heavy atom. The highest BCUT2D eigenvalue weighted by Crippen LogP contribution is 2.24. The number of hydrogen-bond donors (Lipinski definition) is 1. The first-order valence-electron chi connectivity index (χ1n) is 8.46. The summed E-state index contributed by atoms with van der Waals surface area (Å²) in [6.07, 6.45) is 6.06. The molecule has 0 aliphatic heterocycles. The first-order chi connectivity index (χ1) is 12.8. The van der Waals surface area contributed by atoms with Gasteiger partial charge in [-0.3, -0.25) is 0 Å². The van der Waals surface area contributed by atoms with Crippen molar-refractivity contribution in [2.24, 2.45) is 10.7 Å². The minimum Gasteiger partial charge on any atom is -0.398 e. The second-order valence-corrected chi connectivity index (χ2v) is 5.80. The molecule has 0 saturated carbocycles. The number of nitrogens with two attached hydrogens (primary N) is 1. The van der Waals surface area contributed by atoms with Crippen LogP contribution in [0, 0.1) is 12.3 Å². The summed E-state index contributed by atoms with van der Waals surface area (Å²) in [5, 5.41) is 0. The van der Waals surface area contributed by atoms with E-state index in [1.807, 2.05) is 91.0 Å². The van der Waals surface area contributed by atoms with Crippen LogP contribution in [0.15, 0.2) is 102 Å². The average molecular weight is 336 g/mol. The molecule has 3 aromatic rings. The topological polar surface area (TPSA) is 38.4 Å². The molecule has 0 radical (unpaired) electrons. The van der Waals surface area contributed by atoms with Crippen LogP contribution >= 0.6 is 0 Å². The van der Waals surface area contributed by atoms with Crippen molar-refractivity contribution in [1.29, 1.82) is 0 Å². The molecule has 0 saturated heterocycles. The van der Waals surface area contributed by atoms with Crippen LogP contribution in [0.1, 0.15) is 17.5 Å². The van der Waals surface area contributed by atoms with E-state index in [0.717, 1.165) is 28.1 Å². The van der Waals surface area contributed by atoms with Gasteiger partial charge in [-0.05, 0) is 17.7 Å². The summed E-state index contributed by atoms with van der Waals surface area (Å²) >= 11 is 0. The van der Waals surface area contributed by atoms with E-state index in [1.165, 1.54) is 0 Å². The fraction of sp³-hybridized carbons (Fsp3) is 0.0417. The zero-order valence-electron chi connectivity index (χ0n) is 14.5. The van der Waals surface area contributed by atoms with Crippen molar-refractivity contribution in [1.82, 2.24) is 0 Å². The molecule has 126 valence electrons. The highest BCUT2D eigenvalue weighted by molar-refractivity contribution is 6.17. The van der Waals surface area contributed by atoms with Gasteiger partial charge in [-0.1, -0.05) is 78.9 Å². The number of nitrogens with zero attached hydrogens (tertiary/aromatic N) is 1. The zero-order valence-corrected chi connectivity index (χ0v) is 14.5. The molecule has 3 aromatic carbocycles. The zero-order chi connectivity index (χ0) is 18.2. The summed E-state index contributed by atoms with van der Waals surface area (Å²) in [6.45, 7) is 0. The monoisotopic (exact) mass is 336 g/mol. The van der Waals surface area contributed by atoms with E-state index in [0.29, 0.717) is 12.1 Å². The lowest BCUT2D eigenvalue weighted by Crippen LogP contribution is -2.12. The Labute approximate surface area is 154 Å². The quantitative estimate of drug-likeness (QED) is 0.505. The third-order valence-electron chi connectivity index (χ3n) is 4.02. The highest BCUT2D eigenvalue weighted by Gasteiger charge is 2.14. The Hall–Kier alpha value is -3.57. The maximum Gasteiger partial charge on any atom is 0.0771 e. The van der Waals surface area contributed by atoms with Gasteiger partial charge in [0, 0.05) is 23.3 Å². The fourth-order valence-corrected chi connectivity index (χ4v) is 2.73. The maximum absolute atomic E-state index is 6.52. The van der Waals surface area contributed by atoms with Gasteiger partial charge in [-0.15, -0.1) is 12.3 Å². The molecule has 0 spiro atoms. The lowest BCUT2D eigenvalue weighted by Gasteiger charge is -2.14. The normalized spacial score (nSPS) is 12.2. The van der Waals surface area contributed by atoms with Crippen LogP contribution in [0.2, 0.25) is 0 Å². The van der Waals surface area contributed by atoms with E-state index in [1.54, 1.807) is 0 Å². The number of rotatable bonds is 5. The van der Waals surface area contributed by atoms with E-state index in [9.17, 15) is 0 Å². The van der Waals surface area contributed by atoms with Crippen molar-refractivity contribution in [3.05, 3.63) is 108 Å². The first kappa shape index (κ1) is 17.3. The van der Waals surface area contributed by atoms with Gasteiger partial charge in [0.05, 0.1) is 11.4 Å². The minimum atomic E-state index is 0.404. The van der Waals surface area contributed by atoms with E-state index in [4.69, 9.17) is 17.1 Å². The molecule has 0 unspecified atom stereocenters. The smallest absolute Gasteiger partial charge is 0.0771 e. The standard InChI is InChI=1S/C24H20N2/c1-2-12-22(23(25)19-13-6-3-7-14-19)24(20-15-8-4-9-16-20)26-21-17-10-5-11-18-21/h1,3-11,13-18H,12,25H2/b23-22+,26-24?. The molecule has 0 bridgehead atoms. The van der Waals surface area contributed by atoms with Crippen LogP contribution in [0.5, 0.6) is 0 Å². The van der Waals surface area contributed by atoms with E-state index in [2.05, 4.69) is 5.92 Å². The molecule has 2 N–H and O–H groups in total. The van der Waals surface area contributed by atoms with Crippen LogP contribution in [0.4, 0.5) is 5.69 Å². The van der Waals surface area contributed by atoms with Gasteiger partial charge in [0.15, 0.2) is 0 Å². The van der Waals surface area contributed by atoms with Crippen LogP contribution < -0.4 is 5.73 Å². The van der Waals surface area contributed by atoms with Gasteiger partial charge < -0.3 is 5.73 Å². The van der Waals surface area contributed by atoms with Crippen molar-refractivity contribution < 1.29 is 0 Å². The van der Waals surface area contributed by atoms with Crippen LogP contribution in [0.3, 0.4) is 0 Å². The summed E-state index contributed by atoms with van der Waals surface area (Å²) < 4.78 is 0. The third-order valence-corrected chi connectivity index (χ3v) is 4.02. The predicted molar refractivity (Wildman–Crippen MR) is 110 cm³/mol. The molecule has 0 aliphatic rings. The number of aliphatic imine (C=N–C) groups is 1. The number of terminal acetylenes is 1. The van der Waals surface area contributed by atoms with E-state index < -0.39 is 0 Å². The van der Waals surface area contributed by atoms with Crippen molar-refractivity contribution >= 4 is 17.1 Å². The molecule has 0 atom stereocenters. The number of allylic oxidation sites excluding steroid dienone is 1. The van der Waals surface area contributed by atoms with Gasteiger partial charge in [0.1, 0.15) is 0 Å². The number of benzene rings is 3. The Balaban J connectivity index is 2.21. The predicted octanol–water partition coefficient (Wildman–Crippen LogP) is 5.20. The van der Waals surface area contributed by atoms with Crippen molar-refractivity contribution in [3.63, 3.8) is 0 Å². The SMILES string of the molecule is C#CC/C(C(=Nc1ccccc1)c1ccccc1)=C(\N)c1ccccc1. The summed E-state index contributed by atoms with van der Waals surface area (Å²) in [5.41, 5.74) is 11.6. The van der Waals surface area contributed by atoms with Gasteiger partial charge in [-0.25, -0.2) is 4.99 Å². The Kier molecular flexibility index (Phi) is 5.65. The molecule has 0 heterocycles.